The van der Waals surface area contributed by atoms with E-state index in [0.29, 0.717) is 27.0 Å². The van der Waals surface area contributed by atoms with Crippen molar-refractivity contribution in [3.8, 4) is 5.75 Å². The van der Waals surface area contributed by atoms with Crippen LogP contribution in [0.2, 0.25) is 10.0 Å². The predicted molar refractivity (Wildman–Crippen MR) is 113 cm³/mol. The van der Waals surface area contributed by atoms with E-state index >= 15 is 0 Å². The molecule has 0 aliphatic carbocycles. The van der Waals surface area contributed by atoms with Crippen molar-refractivity contribution >= 4 is 46.6 Å². The van der Waals surface area contributed by atoms with Gasteiger partial charge in [0.15, 0.2) is 0 Å². The third-order valence-corrected chi connectivity index (χ3v) is 5.76. The Bertz CT molecular complexity index is 948. The van der Waals surface area contributed by atoms with Crippen molar-refractivity contribution in [1.29, 1.82) is 0 Å². The number of methoxy groups -OCH3 is 1. The molecule has 0 spiro atoms. The average molecular weight is 418 g/mol. The van der Waals surface area contributed by atoms with Gasteiger partial charge in [0.25, 0.3) is 5.91 Å². The van der Waals surface area contributed by atoms with Crippen LogP contribution in [0, 0.1) is 0 Å². The third-order valence-electron chi connectivity index (χ3n) is 3.88. The first kappa shape index (κ1) is 19.6. The smallest absolute Gasteiger partial charge is 0.255 e. The van der Waals surface area contributed by atoms with E-state index in [2.05, 4.69) is 17.4 Å². The zero-order chi connectivity index (χ0) is 19.2. The van der Waals surface area contributed by atoms with Crippen molar-refractivity contribution in [2.45, 2.75) is 10.6 Å². The van der Waals surface area contributed by atoms with Gasteiger partial charge in [0.1, 0.15) is 5.75 Å². The molecule has 0 aliphatic heterocycles. The summed E-state index contributed by atoms with van der Waals surface area (Å²) < 4.78 is 5.44. The van der Waals surface area contributed by atoms with Gasteiger partial charge in [-0.2, -0.15) is 0 Å². The van der Waals surface area contributed by atoms with Crippen LogP contribution in [-0.2, 0) is 5.75 Å². The largest absolute Gasteiger partial charge is 0.496 e. The average Bonchev–Trinajstić information content (AvgIpc) is 2.70. The van der Waals surface area contributed by atoms with Gasteiger partial charge in [0.05, 0.1) is 22.8 Å². The molecule has 0 fully saturated rings. The maximum Gasteiger partial charge on any atom is 0.255 e. The highest BCUT2D eigenvalue weighted by Crippen LogP contribution is 2.31. The number of halogens is 2. The highest BCUT2D eigenvalue weighted by Gasteiger charge is 2.13. The van der Waals surface area contributed by atoms with Gasteiger partial charge in [-0.3, -0.25) is 4.79 Å². The van der Waals surface area contributed by atoms with Crippen LogP contribution in [0.25, 0.3) is 0 Å². The first-order valence-electron chi connectivity index (χ1n) is 8.18. The summed E-state index contributed by atoms with van der Waals surface area (Å²) in [6.45, 7) is 0. The molecule has 0 radical (unpaired) electrons. The molecule has 3 rings (SSSR count). The number of thioether (sulfide) groups is 1. The molecule has 0 bridgehead atoms. The number of carbonyl (C=O) groups is 1. The second kappa shape index (κ2) is 9.18. The molecule has 1 N–H and O–H groups in total. The van der Waals surface area contributed by atoms with Crippen LogP contribution >= 0.6 is 35.0 Å². The van der Waals surface area contributed by atoms with Crippen LogP contribution in [0.5, 0.6) is 5.75 Å². The van der Waals surface area contributed by atoms with Gasteiger partial charge in [0.2, 0.25) is 0 Å². The first-order chi connectivity index (χ1) is 13.1. The van der Waals surface area contributed by atoms with Gasteiger partial charge in [-0.15, -0.1) is 11.8 Å². The summed E-state index contributed by atoms with van der Waals surface area (Å²) in [6.07, 6.45) is 0. The summed E-state index contributed by atoms with van der Waals surface area (Å²) in [5.41, 5.74) is 1.94. The van der Waals surface area contributed by atoms with Gasteiger partial charge in [-0.1, -0.05) is 47.5 Å². The number of amides is 1. The minimum atomic E-state index is -0.257. The Labute approximate surface area is 172 Å². The number of benzene rings is 3. The molecule has 0 aliphatic rings. The molecule has 0 heterocycles. The second-order valence-electron chi connectivity index (χ2n) is 5.68. The Morgan fingerprint density at radius 2 is 1.81 bits per heavy atom. The lowest BCUT2D eigenvalue weighted by Gasteiger charge is -2.12. The van der Waals surface area contributed by atoms with Crippen molar-refractivity contribution in [2.75, 3.05) is 12.4 Å². The fraction of sp³-hybridized carbons (Fsp3) is 0.0952. The number of hydrogen-bond donors (Lipinski definition) is 1. The van der Waals surface area contributed by atoms with E-state index in [0.717, 1.165) is 16.2 Å². The summed E-state index contributed by atoms with van der Waals surface area (Å²) in [5.74, 6) is 1.18. The Morgan fingerprint density at radius 1 is 1.04 bits per heavy atom. The van der Waals surface area contributed by atoms with Crippen LogP contribution in [0.15, 0.2) is 71.6 Å². The Kier molecular flexibility index (Phi) is 6.67. The Morgan fingerprint density at radius 3 is 2.56 bits per heavy atom. The van der Waals surface area contributed by atoms with Crippen molar-refractivity contribution in [1.82, 2.24) is 0 Å². The summed E-state index contributed by atoms with van der Waals surface area (Å²) in [7, 11) is 1.62. The Balaban J connectivity index is 1.79. The normalized spacial score (nSPS) is 10.5. The minimum Gasteiger partial charge on any atom is -0.496 e. The minimum absolute atomic E-state index is 0.257. The molecule has 0 atom stereocenters. The molecule has 27 heavy (non-hydrogen) atoms. The van der Waals surface area contributed by atoms with E-state index in [9.17, 15) is 4.79 Å². The number of hydrogen-bond acceptors (Lipinski definition) is 3. The van der Waals surface area contributed by atoms with E-state index in [-0.39, 0.29) is 5.91 Å². The predicted octanol–water partition coefficient (Wildman–Crippen LogP) is 6.55. The lowest BCUT2D eigenvalue weighted by molar-refractivity contribution is 0.102. The maximum atomic E-state index is 12.6. The van der Waals surface area contributed by atoms with Crippen molar-refractivity contribution in [2.24, 2.45) is 0 Å². The number of anilines is 1. The molecular formula is C21H17Cl2NO2S. The molecule has 0 unspecified atom stereocenters. The molecule has 138 valence electrons. The van der Waals surface area contributed by atoms with E-state index in [4.69, 9.17) is 27.9 Å². The van der Waals surface area contributed by atoms with Gasteiger partial charge in [-0.25, -0.2) is 0 Å². The monoisotopic (exact) mass is 417 g/mol. The number of nitrogens with one attached hydrogen (secondary N) is 1. The quantitative estimate of drug-likeness (QED) is 0.462. The number of rotatable bonds is 6. The van der Waals surface area contributed by atoms with Crippen LogP contribution < -0.4 is 10.1 Å². The molecule has 0 aromatic heterocycles. The van der Waals surface area contributed by atoms with E-state index < -0.39 is 0 Å². The molecule has 3 aromatic carbocycles. The number of ether oxygens (including phenoxy) is 1. The molecule has 3 nitrogen and oxygen atoms in total. The highest BCUT2D eigenvalue weighted by atomic mass is 35.5. The van der Waals surface area contributed by atoms with Crippen LogP contribution in [-0.4, -0.2) is 13.0 Å². The summed E-state index contributed by atoms with van der Waals surface area (Å²) in [6, 6.07) is 20.6. The van der Waals surface area contributed by atoms with Gasteiger partial charge >= 0.3 is 0 Å². The van der Waals surface area contributed by atoms with Crippen molar-refractivity contribution < 1.29 is 9.53 Å². The SMILES string of the molecule is COc1ccc(C(=O)Nc2cccc(Cl)c2Cl)cc1CSc1ccccc1. The maximum absolute atomic E-state index is 12.6. The topological polar surface area (TPSA) is 38.3 Å². The molecule has 0 saturated carbocycles. The molecule has 0 saturated heterocycles. The second-order valence-corrected chi connectivity index (χ2v) is 7.52. The van der Waals surface area contributed by atoms with E-state index in [1.54, 1.807) is 49.2 Å². The van der Waals surface area contributed by atoms with Gasteiger partial charge < -0.3 is 10.1 Å². The van der Waals surface area contributed by atoms with Crippen molar-refractivity contribution in [3.05, 3.63) is 87.9 Å². The van der Waals surface area contributed by atoms with Gasteiger partial charge in [0, 0.05) is 21.8 Å². The standard InChI is InChI=1S/C21H17Cl2NO2S/c1-26-19-11-10-14(12-15(19)13-27-16-6-3-2-4-7-16)21(25)24-18-9-5-8-17(22)20(18)23/h2-12H,13H2,1H3,(H,24,25). The summed E-state index contributed by atoms with van der Waals surface area (Å²) >= 11 is 13.8. The van der Waals surface area contributed by atoms with E-state index in [1.165, 1.54) is 0 Å². The lowest BCUT2D eigenvalue weighted by Crippen LogP contribution is -2.12. The van der Waals surface area contributed by atoms with Crippen LogP contribution in [0.3, 0.4) is 0 Å². The molecular weight excluding hydrogens is 401 g/mol. The zero-order valence-corrected chi connectivity index (χ0v) is 16.9. The molecule has 6 heteroatoms. The highest BCUT2D eigenvalue weighted by molar-refractivity contribution is 7.98. The lowest BCUT2D eigenvalue weighted by atomic mass is 10.1. The number of carbonyl (C=O) groups excluding carboxylic acids is 1. The fourth-order valence-corrected chi connectivity index (χ4v) is 3.75. The summed E-state index contributed by atoms with van der Waals surface area (Å²) in [5, 5.41) is 3.52. The first-order valence-corrected chi connectivity index (χ1v) is 9.93. The third kappa shape index (κ3) is 4.98. The van der Waals surface area contributed by atoms with Crippen LogP contribution in [0.4, 0.5) is 5.69 Å². The zero-order valence-electron chi connectivity index (χ0n) is 14.5. The van der Waals surface area contributed by atoms with E-state index in [1.807, 2.05) is 24.3 Å². The van der Waals surface area contributed by atoms with Crippen LogP contribution in [0.1, 0.15) is 15.9 Å². The molecule has 1 amide bonds. The van der Waals surface area contributed by atoms with Crippen molar-refractivity contribution in [3.63, 3.8) is 0 Å². The Hall–Kier alpha value is -2.14. The summed E-state index contributed by atoms with van der Waals surface area (Å²) in [4.78, 5) is 13.8. The van der Waals surface area contributed by atoms with Gasteiger partial charge in [-0.05, 0) is 42.5 Å². The molecule has 3 aromatic rings. The fourth-order valence-electron chi connectivity index (χ4n) is 2.51.